The Hall–Kier alpha value is -1.52. The van der Waals surface area contributed by atoms with Crippen LogP contribution in [0.25, 0.3) is 0 Å². The lowest BCUT2D eigenvalue weighted by atomic mass is 10.1. The number of halogens is 2. The minimum absolute atomic E-state index is 0.111. The third-order valence-electron chi connectivity index (χ3n) is 3.39. The Morgan fingerprint density at radius 2 is 2.05 bits per heavy atom. The molecule has 1 amide bonds. The fraction of sp³-hybridized carbons (Fsp3) is 0.188. The van der Waals surface area contributed by atoms with Gasteiger partial charge in [0.1, 0.15) is 11.2 Å². The van der Waals surface area contributed by atoms with Gasteiger partial charge in [-0.15, -0.1) is 11.8 Å². The zero-order valence-corrected chi connectivity index (χ0v) is 12.7. The van der Waals surface area contributed by atoms with E-state index < -0.39 is 0 Å². The number of hydrogen-bond donors (Lipinski definition) is 0. The van der Waals surface area contributed by atoms with Gasteiger partial charge in [0.25, 0.3) is 5.91 Å². The SMILES string of the molecule is O=C(c1ccccc1Cl)N1CCS[C@@H]1c1cccc(F)c1. The van der Waals surface area contributed by atoms with Crippen LogP contribution >= 0.6 is 23.4 Å². The fourth-order valence-electron chi connectivity index (χ4n) is 2.40. The van der Waals surface area contributed by atoms with Crippen LogP contribution in [0.15, 0.2) is 48.5 Å². The zero-order valence-electron chi connectivity index (χ0n) is 11.1. The second-order valence-corrected chi connectivity index (χ2v) is 6.35. The molecule has 2 aromatic rings. The number of rotatable bonds is 2. The van der Waals surface area contributed by atoms with Crippen molar-refractivity contribution in [3.8, 4) is 0 Å². The maximum absolute atomic E-state index is 13.4. The van der Waals surface area contributed by atoms with Gasteiger partial charge < -0.3 is 4.90 Å². The predicted octanol–water partition coefficient (Wildman–Crippen LogP) is 4.37. The largest absolute Gasteiger partial charge is 0.322 e. The monoisotopic (exact) mass is 321 g/mol. The topological polar surface area (TPSA) is 20.3 Å². The molecule has 1 saturated heterocycles. The van der Waals surface area contributed by atoms with Crippen LogP contribution in [0, 0.1) is 5.82 Å². The van der Waals surface area contributed by atoms with Crippen molar-refractivity contribution < 1.29 is 9.18 Å². The predicted molar refractivity (Wildman–Crippen MR) is 84.1 cm³/mol. The van der Waals surface area contributed by atoms with Gasteiger partial charge in [0.05, 0.1) is 10.6 Å². The molecule has 0 spiro atoms. The number of thioether (sulfide) groups is 1. The summed E-state index contributed by atoms with van der Waals surface area (Å²) < 4.78 is 13.4. The standard InChI is InChI=1S/C16H13ClFNOS/c17-14-7-2-1-6-13(14)15(20)19-8-9-21-16(19)11-4-3-5-12(18)10-11/h1-7,10,16H,8-9H2/t16-/m1/s1. The first kappa shape index (κ1) is 14.4. The van der Waals surface area contributed by atoms with Crippen molar-refractivity contribution in [3.63, 3.8) is 0 Å². The number of carbonyl (C=O) groups excluding carboxylic acids is 1. The van der Waals surface area contributed by atoms with Crippen LogP contribution < -0.4 is 0 Å². The first-order valence-corrected chi connectivity index (χ1v) is 8.02. The summed E-state index contributed by atoms with van der Waals surface area (Å²) in [6.07, 6.45) is 0. The molecule has 2 aromatic carbocycles. The Labute approximate surface area is 131 Å². The van der Waals surface area contributed by atoms with Gasteiger partial charge >= 0.3 is 0 Å². The number of hydrogen-bond acceptors (Lipinski definition) is 2. The summed E-state index contributed by atoms with van der Waals surface area (Å²) >= 11 is 7.74. The molecule has 1 aliphatic heterocycles. The Kier molecular flexibility index (Phi) is 4.17. The van der Waals surface area contributed by atoms with Gasteiger partial charge in [0.2, 0.25) is 0 Å². The molecule has 0 saturated carbocycles. The van der Waals surface area contributed by atoms with Crippen molar-refractivity contribution in [1.29, 1.82) is 0 Å². The third-order valence-corrected chi connectivity index (χ3v) is 4.98. The van der Waals surface area contributed by atoms with Gasteiger partial charge in [-0.1, -0.05) is 35.9 Å². The summed E-state index contributed by atoms with van der Waals surface area (Å²) in [6.45, 7) is 0.635. The van der Waals surface area contributed by atoms with Crippen LogP contribution in [0.4, 0.5) is 4.39 Å². The minimum atomic E-state index is -0.287. The normalized spacial score (nSPS) is 18.0. The molecule has 108 valence electrons. The molecule has 3 rings (SSSR count). The summed E-state index contributed by atoms with van der Waals surface area (Å²) in [7, 11) is 0. The van der Waals surface area contributed by atoms with E-state index >= 15 is 0 Å². The van der Waals surface area contributed by atoms with Crippen LogP contribution in [-0.2, 0) is 0 Å². The molecule has 0 radical (unpaired) electrons. The first-order chi connectivity index (χ1) is 10.2. The van der Waals surface area contributed by atoms with Gasteiger partial charge in [0.15, 0.2) is 0 Å². The lowest BCUT2D eigenvalue weighted by molar-refractivity contribution is 0.0760. The maximum Gasteiger partial charge on any atom is 0.256 e. The number of amides is 1. The van der Waals surface area contributed by atoms with E-state index in [9.17, 15) is 9.18 Å². The Bertz CT molecular complexity index is 679. The van der Waals surface area contributed by atoms with E-state index in [2.05, 4.69) is 0 Å². The highest BCUT2D eigenvalue weighted by Gasteiger charge is 2.32. The average Bonchev–Trinajstić information content (AvgIpc) is 2.96. The van der Waals surface area contributed by atoms with Gasteiger partial charge in [-0.25, -0.2) is 4.39 Å². The summed E-state index contributed by atoms with van der Waals surface area (Å²) in [6, 6.07) is 13.4. The van der Waals surface area contributed by atoms with Crippen molar-refractivity contribution in [1.82, 2.24) is 4.90 Å². The Morgan fingerprint density at radius 1 is 1.24 bits per heavy atom. The molecule has 0 N–H and O–H groups in total. The van der Waals surface area contributed by atoms with Crippen LogP contribution in [0.5, 0.6) is 0 Å². The van der Waals surface area contributed by atoms with E-state index in [0.29, 0.717) is 17.1 Å². The number of carbonyl (C=O) groups is 1. The summed E-state index contributed by atoms with van der Waals surface area (Å²) in [4.78, 5) is 14.4. The number of benzene rings is 2. The van der Waals surface area contributed by atoms with E-state index in [1.54, 1.807) is 47.0 Å². The summed E-state index contributed by atoms with van der Waals surface area (Å²) in [5, 5.41) is 0.280. The van der Waals surface area contributed by atoms with Crippen LogP contribution in [0.2, 0.25) is 5.02 Å². The second-order valence-electron chi connectivity index (χ2n) is 4.76. The molecule has 1 fully saturated rings. The molecule has 1 aliphatic rings. The van der Waals surface area contributed by atoms with E-state index in [0.717, 1.165) is 11.3 Å². The van der Waals surface area contributed by atoms with E-state index in [-0.39, 0.29) is 17.1 Å². The fourth-order valence-corrected chi connectivity index (χ4v) is 3.87. The maximum atomic E-state index is 13.4. The molecular weight excluding hydrogens is 309 g/mol. The van der Waals surface area contributed by atoms with Gasteiger partial charge in [-0.2, -0.15) is 0 Å². The molecule has 1 heterocycles. The molecule has 0 aromatic heterocycles. The van der Waals surface area contributed by atoms with Gasteiger partial charge in [-0.3, -0.25) is 4.79 Å². The summed E-state index contributed by atoms with van der Waals surface area (Å²) in [5.74, 6) is 0.433. The number of nitrogens with zero attached hydrogens (tertiary/aromatic N) is 1. The van der Waals surface area contributed by atoms with E-state index in [4.69, 9.17) is 11.6 Å². The second kappa shape index (κ2) is 6.08. The molecule has 21 heavy (non-hydrogen) atoms. The molecular formula is C16H13ClFNOS. The lowest BCUT2D eigenvalue weighted by Crippen LogP contribution is -2.30. The van der Waals surface area contributed by atoms with Crippen LogP contribution in [0.3, 0.4) is 0 Å². The molecule has 2 nitrogen and oxygen atoms in total. The van der Waals surface area contributed by atoms with E-state index in [1.165, 1.54) is 12.1 Å². The van der Waals surface area contributed by atoms with Gasteiger partial charge in [0, 0.05) is 12.3 Å². The van der Waals surface area contributed by atoms with Crippen molar-refractivity contribution in [2.24, 2.45) is 0 Å². The van der Waals surface area contributed by atoms with Crippen LogP contribution in [-0.4, -0.2) is 23.1 Å². The molecule has 0 unspecified atom stereocenters. The van der Waals surface area contributed by atoms with Crippen molar-refractivity contribution >= 4 is 29.3 Å². The van der Waals surface area contributed by atoms with Gasteiger partial charge in [-0.05, 0) is 29.8 Å². The summed E-state index contributed by atoms with van der Waals surface area (Å²) in [5.41, 5.74) is 1.29. The van der Waals surface area contributed by atoms with Crippen molar-refractivity contribution in [3.05, 3.63) is 70.5 Å². The van der Waals surface area contributed by atoms with E-state index in [1.807, 2.05) is 6.07 Å². The third kappa shape index (κ3) is 2.92. The smallest absolute Gasteiger partial charge is 0.256 e. The average molecular weight is 322 g/mol. The highest BCUT2D eigenvalue weighted by molar-refractivity contribution is 7.99. The first-order valence-electron chi connectivity index (χ1n) is 6.59. The Balaban J connectivity index is 1.91. The quantitative estimate of drug-likeness (QED) is 0.818. The highest BCUT2D eigenvalue weighted by atomic mass is 35.5. The molecule has 5 heteroatoms. The molecule has 1 atom stereocenters. The molecule has 0 bridgehead atoms. The van der Waals surface area contributed by atoms with Crippen LogP contribution in [0.1, 0.15) is 21.3 Å². The van der Waals surface area contributed by atoms with Crippen molar-refractivity contribution in [2.75, 3.05) is 12.3 Å². The zero-order chi connectivity index (χ0) is 14.8. The Morgan fingerprint density at radius 3 is 2.81 bits per heavy atom. The van der Waals surface area contributed by atoms with Crippen molar-refractivity contribution in [2.45, 2.75) is 5.37 Å². The lowest BCUT2D eigenvalue weighted by Gasteiger charge is -2.24. The minimum Gasteiger partial charge on any atom is -0.322 e. The molecule has 0 aliphatic carbocycles. The highest BCUT2D eigenvalue weighted by Crippen LogP contribution is 2.39.